The van der Waals surface area contributed by atoms with E-state index in [2.05, 4.69) is 10.3 Å². The normalized spacial score (nSPS) is 19.4. The Morgan fingerprint density at radius 3 is 2.86 bits per heavy atom. The molecule has 1 aromatic rings. The highest BCUT2D eigenvalue weighted by Crippen LogP contribution is 2.29. The zero-order valence-electron chi connectivity index (χ0n) is 12.0. The molecule has 8 heteroatoms. The smallest absolute Gasteiger partial charge is 0.353 e. The fourth-order valence-electron chi connectivity index (χ4n) is 2.14. The van der Waals surface area contributed by atoms with E-state index in [0.717, 1.165) is 25.3 Å². The minimum absolute atomic E-state index is 0.164. The van der Waals surface area contributed by atoms with Gasteiger partial charge in [-0.3, -0.25) is 0 Å². The van der Waals surface area contributed by atoms with Crippen molar-refractivity contribution in [2.75, 3.05) is 19.8 Å². The molecular formula is C14H18ClF3N2O2. The van der Waals surface area contributed by atoms with Crippen molar-refractivity contribution in [3.8, 4) is 0 Å². The Bertz CT molecular complexity index is 480. The first kappa shape index (κ1) is 17.5. The van der Waals surface area contributed by atoms with Crippen LogP contribution in [0, 0.1) is 0 Å². The second-order valence-corrected chi connectivity index (χ2v) is 5.41. The average molecular weight is 339 g/mol. The number of halogens is 4. The number of ether oxygens (including phenoxy) is 2. The number of aromatic nitrogens is 1. The van der Waals surface area contributed by atoms with Crippen molar-refractivity contribution in [2.45, 2.75) is 38.3 Å². The fourth-order valence-corrected chi connectivity index (χ4v) is 2.37. The Labute approximate surface area is 132 Å². The summed E-state index contributed by atoms with van der Waals surface area (Å²) in [4.78, 5) is 3.28. The number of nitrogens with one attached hydrogen (secondary N) is 1. The lowest BCUT2D eigenvalue weighted by Gasteiger charge is -2.22. The highest BCUT2D eigenvalue weighted by molar-refractivity contribution is 6.29. The van der Waals surface area contributed by atoms with Crippen LogP contribution in [-0.2, 0) is 22.2 Å². The second kappa shape index (κ2) is 8.10. The SMILES string of the molecule is FC(F)(F)c1cc(CNCCOC2CCCCO2)cc(Cl)n1. The van der Waals surface area contributed by atoms with Gasteiger partial charge in [-0.15, -0.1) is 0 Å². The summed E-state index contributed by atoms with van der Waals surface area (Å²) in [6.07, 6.45) is -1.63. The lowest BCUT2D eigenvalue weighted by atomic mass is 10.2. The molecule has 0 amide bonds. The summed E-state index contributed by atoms with van der Waals surface area (Å²) in [6.45, 7) is 1.94. The number of pyridine rings is 1. The largest absolute Gasteiger partial charge is 0.433 e. The summed E-state index contributed by atoms with van der Waals surface area (Å²) in [7, 11) is 0. The third kappa shape index (κ3) is 5.72. The maximum Gasteiger partial charge on any atom is 0.433 e. The van der Waals surface area contributed by atoms with Gasteiger partial charge in [-0.25, -0.2) is 4.98 Å². The Morgan fingerprint density at radius 1 is 1.36 bits per heavy atom. The maximum absolute atomic E-state index is 12.6. The van der Waals surface area contributed by atoms with Gasteiger partial charge in [0.25, 0.3) is 0 Å². The topological polar surface area (TPSA) is 43.4 Å². The molecule has 1 unspecified atom stereocenters. The minimum Gasteiger partial charge on any atom is -0.353 e. The molecule has 1 aliphatic heterocycles. The van der Waals surface area contributed by atoms with Gasteiger partial charge in [0.1, 0.15) is 10.8 Å². The third-order valence-corrected chi connectivity index (χ3v) is 3.39. The second-order valence-electron chi connectivity index (χ2n) is 5.02. The van der Waals surface area contributed by atoms with Crippen LogP contribution in [0.4, 0.5) is 13.2 Å². The first-order chi connectivity index (χ1) is 10.4. The quantitative estimate of drug-likeness (QED) is 0.638. The molecule has 1 N–H and O–H groups in total. The van der Waals surface area contributed by atoms with E-state index in [1.807, 2.05) is 0 Å². The van der Waals surface area contributed by atoms with Crippen LogP contribution in [0.15, 0.2) is 12.1 Å². The molecule has 1 atom stereocenters. The van der Waals surface area contributed by atoms with Crippen LogP contribution in [0.2, 0.25) is 5.15 Å². The summed E-state index contributed by atoms with van der Waals surface area (Å²) >= 11 is 5.62. The third-order valence-electron chi connectivity index (χ3n) is 3.19. The predicted octanol–water partition coefficient (Wildman–Crippen LogP) is 3.39. The zero-order valence-corrected chi connectivity index (χ0v) is 12.7. The van der Waals surface area contributed by atoms with E-state index in [1.165, 1.54) is 6.07 Å². The molecule has 0 bridgehead atoms. The van der Waals surface area contributed by atoms with Gasteiger partial charge in [0.2, 0.25) is 0 Å². The van der Waals surface area contributed by atoms with Crippen LogP contribution in [-0.4, -0.2) is 31.0 Å². The molecule has 4 nitrogen and oxygen atoms in total. The summed E-state index contributed by atoms with van der Waals surface area (Å²) in [5.74, 6) is 0. The Morgan fingerprint density at radius 2 is 2.18 bits per heavy atom. The molecule has 0 radical (unpaired) electrons. The number of alkyl halides is 3. The zero-order chi connectivity index (χ0) is 16.0. The van der Waals surface area contributed by atoms with Gasteiger partial charge in [-0.2, -0.15) is 13.2 Å². The molecule has 22 heavy (non-hydrogen) atoms. The van der Waals surface area contributed by atoms with E-state index in [1.54, 1.807) is 0 Å². The van der Waals surface area contributed by atoms with Gasteiger partial charge in [0, 0.05) is 19.7 Å². The average Bonchev–Trinajstić information content (AvgIpc) is 2.46. The van der Waals surface area contributed by atoms with Crippen molar-refractivity contribution in [3.63, 3.8) is 0 Å². The lowest BCUT2D eigenvalue weighted by Crippen LogP contribution is -2.27. The van der Waals surface area contributed by atoms with E-state index >= 15 is 0 Å². The van der Waals surface area contributed by atoms with E-state index in [4.69, 9.17) is 21.1 Å². The summed E-state index contributed by atoms with van der Waals surface area (Å²) in [5.41, 5.74) is -0.551. The molecule has 0 spiro atoms. The number of rotatable bonds is 6. The predicted molar refractivity (Wildman–Crippen MR) is 75.5 cm³/mol. The molecule has 1 aliphatic rings. The number of nitrogens with zero attached hydrogens (tertiary/aromatic N) is 1. The van der Waals surface area contributed by atoms with Gasteiger partial charge in [-0.05, 0) is 37.0 Å². The van der Waals surface area contributed by atoms with Crippen LogP contribution in [0.3, 0.4) is 0 Å². The molecule has 1 fully saturated rings. The van der Waals surface area contributed by atoms with Gasteiger partial charge < -0.3 is 14.8 Å². The monoisotopic (exact) mass is 338 g/mol. The van der Waals surface area contributed by atoms with E-state index in [9.17, 15) is 13.2 Å². The van der Waals surface area contributed by atoms with Crippen molar-refractivity contribution in [3.05, 3.63) is 28.5 Å². The van der Waals surface area contributed by atoms with Crippen molar-refractivity contribution >= 4 is 11.6 Å². The van der Waals surface area contributed by atoms with Crippen molar-refractivity contribution < 1.29 is 22.6 Å². The molecule has 2 rings (SSSR count). The number of hydrogen-bond donors (Lipinski definition) is 1. The molecule has 1 saturated heterocycles. The Kier molecular flexibility index (Phi) is 6.43. The lowest BCUT2D eigenvalue weighted by molar-refractivity contribution is -0.161. The summed E-state index contributed by atoms with van der Waals surface area (Å²) in [5, 5.41) is 2.84. The molecular weight excluding hydrogens is 321 g/mol. The van der Waals surface area contributed by atoms with Crippen molar-refractivity contribution in [1.82, 2.24) is 10.3 Å². The van der Waals surface area contributed by atoms with Crippen LogP contribution >= 0.6 is 11.6 Å². The highest BCUT2D eigenvalue weighted by Gasteiger charge is 2.33. The van der Waals surface area contributed by atoms with Crippen LogP contribution in [0.1, 0.15) is 30.5 Å². The Hall–Kier alpha value is -0.890. The van der Waals surface area contributed by atoms with Crippen molar-refractivity contribution in [1.29, 1.82) is 0 Å². The van der Waals surface area contributed by atoms with E-state index < -0.39 is 11.9 Å². The molecule has 0 aromatic carbocycles. The van der Waals surface area contributed by atoms with Gasteiger partial charge in [-0.1, -0.05) is 11.6 Å². The summed E-state index contributed by atoms with van der Waals surface area (Å²) in [6, 6.07) is 2.40. The first-order valence-corrected chi connectivity index (χ1v) is 7.50. The molecule has 1 aromatic heterocycles. The van der Waals surface area contributed by atoms with Gasteiger partial charge >= 0.3 is 6.18 Å². The van der Waals surface area contributed by atoms with E-state index in [-0.39, 0.29) is 18.0 Å². The Balaban J connectivity index is 1.73. The van der Waals surface area contributed by atoms with Crippen LogP contribution in [0.25, 0.3) is 0 Å². The fraction of sp³-hybridized carbons (Fsp3) is 0.643. The maximum atomic E-state index is 12.6. The standard InChI is InChI=1S/C14H18ClF3N2O2/c15-12-8-10(7-11(20-12)14(16,17)18)9-19-4-6-22-13-3-1-2-5-21-13/h7-8,13,19H,1-6,9H2. The van der Waals surface area contributed by atoms with E-state index in [0.29, 0.717) is 25.3 Å². The van der Waals surface area contributed by atoms with Crippen molar-refractivity contribution in [2.24, 2.45) is 0 Å². The number of hydrogen-bond acceptors (Lipinski definition) is 4. The molecule has 124 valence electrons. The summed E-state index contributed by atoms with van der Waals surface area (Å²) < 4.78 is 48.8. The van der Waals surface area contributed by atoms with Crippen LogP contribution < -0.4 is 5.32 Å². The van der Waals surface area contributed by atoms with Gasteiger partial charge in [0.15, 0.2) is 6.29 Å². The highest BCUT2D eigenvalue weighted by atomic mass is 35.5. The molecule has 0 saturated carbocycles. The van der Waals surface area contributed by atoms with Crippen LogP contribution in [0.5, 0.6) is 0 Å². The molecule has 2 heterocycles. The van der Waals surface area contributed by atoms with Gasteiger partial charge in [0.05, 0.1) is 6.61 Å². The first-order valence-electron chi connectivity index (χ1n) is 7.13. The minimum atomic E-state index is -4.50. The molecule has 0 aliphatic carbocycles.